The summed E-state index contributed by atoms with van der Waals surface area (Å²) in [6.07, 6.45) is 3.76. The lowest BCUT2D eigenvalue weighted by molar-refractivity contribution is 0.182. The van der Waals surface area contributed by atoms with Gasteiger partial charge in [0.25, 0.3) is 5.71 Å². The molecule has 0 aliphatic carbocycles. The molecule has 2 aromatic carbocycles. The van der Waals surface area contributed by atoms with Gasteiger partial charge in [-0.05, 0) is 74.2 Å². The fourth-order valence-corrected chi connectivity index (χ4v) is 4.34. The summed E-state index contributed by atoms with van der Waals surface area (Å²) in [5.41, 5.74) is 4.58. The van der Waals surface area contributed by atoms with E-state index in [1.807, 2.05) is 0 Å². The number of fused-ring (bicyclic) bond motifs is 1. The number of benzene rings is 2. The van der Waals surface area contributed by atoms with Gasteiger partial charge in [-0.15, -0.1) is 0 Å². The number of anilines is 1. The molecule has 0 unspecified atom stereocenters. The van der Waals surface area contributed by atoms with Gasteiger partial charge in [0, 0.05) is 18.7 Å². The molecule has 3 heterocycles. The van der Waals surface area contributed by atoms with Crippen LogP contribution in [-0.2, 0) is 6.54 Å². The highest BCUT2D eigenvalue weighted by atomic mass is 19.1. The number of hydrogen-bond donors (Lipinski definition) is 1. The zero-order valence-corrected chi connectivity index (χ0v) is 18.1. The second-order valence-electron chi connectivity index (χ2n) is 8.47. The Hall–Kier alpha value is -3.32. The Bertz CT molecular complexity index is 1200. The van der Waals surface area contributed by atoms with Gasteiger partial charge in [0.2, 0.25) is 0 Å². The lowest BCUT2D eigenvalue weighted by Gasteiger charge is -2.32. The van der Waals surface area contributed by atoms with Crippen molar-refractivity contribution in [1.82, 2.24) is 20.0 Å². The van der Waals surface area contributed by atoms with Crippen LogP contribution in [0.4, 0.5) is 10.2 Å². The van der Waals surface area contributed by atoms with E-state index in [1.54, 1.807) is 12.1 Å². The molecule has 0 atom stereocenters. The van der Waals surface area contributed by atoms with E-state index in [-0.39, 0.29) is 5.82 Å². The largest absolute Gasteiger partial charge is 0.369 e. The molecule has 4 aromatic rings. The fourth-order valence-electron chi connectivity index (χ4n) is 4.34. The average molecular weight is 432 g/mol. The smallest absolute Gasteiger partial charge is 0.263 e. The van der Waals surface area contributed by atoms with Gasteiger partial charge in [-0.1, -0.05) is 29.4 Å². The van der Waals surface area contributed by atoms with Crippen molar-refractivity contribution in [3.8, 4) is 11.3 Å². The van der Waals surface area contributed by atoms with Crippen molar-refractivity contribution in [3.63, 3.8) is 0 Å². The minimum Gasteiger partial charge on any atom is -0.369 e. The number of hydrogen-bond acceptors (Lipinski definition) is 6. The van der Waals surface area contributed by atoms with Crippen molar-refractivity contribution >= 4 is 16.9 Å². The third-order valence-electron chi connectivity index (χ3n) is 6.31. The van der Waals surface area contributed by atoms with Crippen LogP contribution in [0.15, 0.2) is 59.4 Å². The summed E-state index contributed by atoms with van der Waals surface area (Å²) in [7, 11) is 0. The van der Waals surface area contributed by atoms with Crippen LogP contribution < -0.4 is 5.32 Å². The summed E-state index contributed by atoms with van der Waals surface area (Å²) in [5, 5.41) is 8.39. The van der Waals surface area contributed by atoms with Gasteiger partial charge in [-0.25, -0.2) is 9.37 Å². The Balaban J connectivity index is 1.24. The summed E-state index contributed by atoms with van der Waals surface area (Å²) in [6.45, 7) is 6.21. The molecular formula is C25H26FN5O. The number of rotatable bonds is 6. The lowest BCUT2D eigenvalue weighted by Crippen LogP contribution is -2.35. The summed E-state index contributed by atoms with van der Waals surface area (Å²) in [4.78, 5) is 11.2. The monoisotopic (exact) mass is 431 g/mol. The number of aromatic nitrogens is 3. The molecule has 2 aromatic heterocycles. The highest BCUT2D eigenvalue weighted by molar-refractivity contribution is 5.97. The maximum absolute atomic E-state index is 13.3. The first-order valence-electron chi connectivity index (χ1n) is 11.0. The lowest BCUT2D eigenvalue weighted by atomic mass is 9.96. The van der Waals surface area contributed by atoms with Crippen LogP contribution in [0.2, 0.25) is 0 Å². The maximum atomic E-state index is 13.3. The Labute approximate surface area is 186 Å². The first-order valence-corrected chi connectivity index (χ1v) is 11.0. The number of halogens is 1. The van der Waals surface area contributed by atoms with Crippen molar-refractivity contribution in [1.29, 1.82) is 0 Å². The molecule has 0 spiro atoms. The molecule has 7 heteroatoms. The Morgan fingerprint density at radius 3 is 2.62 bits per heavy atom. The highest BCUT2D eigenvalue weighted by Gasteiger charge is 2.21. The van der Waals surface area contributed by atoms with E-state index in [4.69, 9.17) is 4.52 Å². The summed E-state index contributed by atoms with van der Waals surface area (Å²) in [5.74, 6) is 0.991. The molecule has 5 rings (SSSR count). The van der Waals surface area contributed by atoms with E-state index in [1.165, 1.54) is 29.6 Å². The highest BCUT2D eigenvalue weighted by Crippen LogP contribution is 2.31. The molecule has 1 N–H and O–H groups in total. The molecule has 6 nitrogen and oxygen atoms in total. The third kappa shape index (κ3) is 4.34. The predicted octanol–water partition coefficient (Wildman–Crippen LogP) is 5.06. The molecule has 1 saturated heterocycles. The third-order valence-corrected chi connectivity index (χ3v) is 6.31. The van der Waals surface area contributed by atoms with Crippen LogP contribution in [0, 0.1) is 18.7 Å². The van der Waals surface area contributed by atoms with Gasteiger partial charge in [0.05, 0.1) is 0 Å². The van der Waals surface area contributed by atoms with Gasteiger partial charge in [-0.3, -0.25) is 4.90 Å². The first-order chi connectivity index (χ1) is 15.7. The number of nitrogens with zero attached hydrogens (tertiary/aromatic N) is 4. The Morgan fingerprint density at radius 1 is 1.06 bits per heavy atom. The van der Waals surface area contributed by atoms with Gasteiger partial charge < -0.3 is 9.84 Å². The van der Waals surface area contributed by atoms with Crippen LogP contribution in [0.5, 0.6) is 0 Å². The van der Waals surface area contributed by atoms with Gasteiger partial charge in [0.15, 0.2) is 0 Å². The van der Waals surface area contributed by atoms with Crippen molar-refractivity contribution in [3.05, 3.63) is 71.8 Å². The summed E-state index contributed by atoms with van der Waals surface area (Å²) in [6, 6.07) is 14.8. The molecule has 1 fully saturated rings. The zero-order chi connectivity index (χ0) is 21.9. The van der Waals surface area contributed by atoms with Crippen LogP contribution in [0.3, 0.4) is 0 Å². The normalized spacial score (nSPS) is 15.3. The average Bonchev–Trinajstić information content (AvgIpc) is 3.25. The van der Waals surface area contributed by atoms with E-state index >= 15 is 0 Å². The fraction of sp³-hybridized carbons (Fsp3) is 0.320. The molecule has 0 saturated carbocycles. The summed E-state index contributed by atoms with van der Waals surface area (Å²) >= 11 is 0. The Kier molecular flexibility index (Phi) is 5.81. The molecule has 1 aliphatic rings. The van der Waals surface area contributed by atoms with E-state index in [2.05, 4.69) is 56.5 Å². The molecule has 1 aliphatic heterocycles. The van der Waals surface area contributed by atoms with Crippen molar-refractivity contribution in [2.24, 2.45) is 5.92 Å². The van der Waals surface area contributed by atoms with Crippen LogP contribution in [-0.4, -0.2) is 39.7 Å². The first kappa shape index (κ1) is 20.6. The molecule has 0 amide bonds. The minimum atomic E-state index is -0.287. The van der Waals surface area contributed by atoms with E-state index in [0.717, 1.165) is 50.0 Å². The van der Waals surface area contributed by atoms with Crippen LogP contribution in [0.1, 0.15) is 24.0 Å². The van der Waals surface area contributed by atoms with Crippen molar-refractivity contribution in [2.75, 3.05) is 25.0 Å². The predicted molar refractivity (Wildman–Crippen MR) is 123 cm³/mol. The molecule has 0 bridgehead atoms. The molecular weight excluding hydrogens is 405 g/mol. The number of likely N-dealkylation sites (tertiary alicyclic amines) is 1. The van der Waals surface area contributed by atoms with E-state index in [0.29, 0.717) is 23.1 Å². The Morgan fingerprint density at radius 2 is 1.84 bits per heavy atom. The second-order valence-corrected chi connectivity index (χ2v) is 8.47. The van der Waals surface area contributed by atoms with Gasteiger partial charge in [-0.2, -0.15) is 4.98 Å². The van der Waals surface area contributed by atoms with Crippen LogP contribution in [0.25, 0.3) is 22.4 Å². The number of aryl methyl sites for hydroxylation is 1. The molecule has 0 radical (unpaired) electrons. The number of piperidine rings is 1. The summed E-state index contributed by atoms with van der Waals surface area (Å²) < 4.78 is 18.7. The SMILES string of the molecule is Cc1ccccc1CN1CCC(CNc2ncnc3onc(-c4ccc(F)cc4)c23)CC1. The standard InChI is InChI=1S/C25H26FN5O/c1-17-4-2-3-5-20(17)15-31-12-10-18(11-13-31)14-27-24-22-23(19-6-8-21(26)9-7-19)30-32-25(22)29-16-28-24/h2-9,16,18H,10-15H2,1H3,(H,27,28,29). The van der Waals surface area contributed by atoms with Gasteiger partial charge in [0.1, 0.15) is 29.0 Å². The quantitative estimate of drug-likeness (QED) is 0.460. The van der Waals surface area contributed by atoms with Crippen LogP contribution >= 0.6 is 0 Å². The molecule has 32 heavy (non-hydrogen) atoms. The van der Waals surface area contributed by atoms with Gasteiger partial charge >= 0.3 is 0 Å². The van der Waals surface area contributed by atoms with E-state index < -0.39 is 0 Å². The second kappa shape index (κ2) is 9.04. The zero-order valence-electron chi connectivity index (χ0n) is 18.1. The maximum Gasteiger partial charge on any atom is 0.263 e. The van der Waals surface area contributed by atoms with Crippen molar-refractivity contribution < 1.29 is 8.91 Å². The number of nitrogens with one attached hydrogen (secondary N) is 1. The van der Waals surface area contributed by atoms with Crippen molar-refractivity contribution in [2.45, 2.75) is 26.3 Å². The molecule has 164 valence electrons. The minimum absolute atomic E-state index is 0.287. The topological polar surface area (TPSA) is 67.1 Å². The van der Waals surface area contributed by atoms with E-state index in [9.17, 15) is 4.39 Å².